The molecular weight excluding hydrogens is 224 g/mol. The van der Waals surface area contributed by atoms with E-state index < -0.39 is 0 Å². The Bertz CT molecular complexity index is 458. The van der Waals surface area contributed by atoms with Gasteiger partial charge >= 0.3 is 0 Å². The number of aryl methyl sites for hydroxylation is 1. The highest BCUT2D eigenvalue weighted by Gasteiger charge is 2.51. The average Bonchev–Trinajstić information content (AvgIpc) is 3.17. The SMILES string of the molecule is C=C(C)CNC(=O)C1(c2ccc(CC)nc2)CC1. The minimum absolute atomic E-state index is 0.108. The Morgan fingerprint density at radius 2 is 2.22 bits per heavy atom. The Hall–Kier alpha value is -1.64. The van der Waals surface area contributed by atoms with Crippen molar-refractivity contribution in [3.05, 3.63) is 41.7 Å². The van der Waals surface area contributed by atoms with Crippen LogP contribution in [0.25, 0.3) is 0 Å². The van der Waals surface area contributed by atoms with Gasteiger partial charge in [-0.2, -0.15) is 0 Å². The van der Waals surface area contributed by atoms with Crippen molar-refractivity contribution < 1.29 is 4.79 Å². The van der Waals surface area contributed by atoms with Crippen LogP contribution in [0.1, 0.15) is 37.9 Å². The number of carbonyl (C=O) groups is 1. The molecule has 96 valence electrons. The fraction of sp³-hybridized carbons (Fsp3) is 0.467. The molecule has 1 aromatic heterocycles. The molecule has 2 rings (SSSR count). The van der Waals surface area contributed by atoms with Crippen LogP contribution in [0.5, 0.6) is 0 Å². The number of nitrogens with one attached hydrogen (secondary N) is 1. The van der Waals surface area contributed by atoms with Gasteiger partial charge in [0, 0.05) is 18.4 Å². The number of carbonyl (C=O) groups excluding carboxylic acids is 1. The Morgan fingerprint density at radius 1 is 1.50 bits per heavy atom. The van der Waals surface area contributed by atoms with Crippen LogP contribution in [-0.4, -0.2) is 17.4 Å². The maximum absolute atomic E-state index is 12.2. The van der Waals surface area contributed by atoms with E-state index in [1.165, 1.54) is 0 Å². The second kappa shape index (κ2) is 4.92. The van der Waals surface area contributed by atoms with Crippen LogP contribution in [0.2, 0.25) is 0 Å². The molecule has 0 radical (unpaired) electrons. The van der Waals surface area contributed by atoms with Crippen molar-refractivity contribution in [2.24, 2.45) is 0 Å². The number of aromatic nitrogens is 1. The number of hydrogen-bond acceptors (Lipinski definition) is 2. The van der Waals surface area contributed by atoms with E-state index in [4.69, 9.17) is 0 Å². The van der Waals surface area contributed by atoms with Gasteiger partial charge in [-0.25, -0.2) is 0 Å². The summed E-state index contributed by atoms with van der Waals surface area (Å²) in [5.41, 5.74) is 2.75. The minimum atomic E-state index is -0.325. The van der Waals surface area contributed by atoms with Crippen LogP contribution in [0, 0.1) is 0 Å². The molecule has 0 saturated heterocycles. The lowest BCUT2D eigenvalue weighted by atomic mass is 9.96. The zero-order valence-corrected chi connectivity index (χ0v) is 11.1. The van der Waals surface area contributed by atoms with Gasteiger partial charge in [0.15, 0.2) is 0 Å². The van der Waals surface area contributed by atoms with E-state index in [0.717, 1.165) is 36.1 Å². The highest BCUT2D eigenvalue weighted by atomic mass is 16.2. The lowest BCUT2D eigenvalue weighted by molar-refractivity contribution is -0.123. The smallest absolute Gasteiger partial charge is 0.230 e. The van der Waals surface area contributed by atoms with Gasteiger partial charge in [0.2, 0.25) is 5.91 Å². The number of nitrogens with zero attached hydrogens (tertiary/aromatic N) is 1. The van der Waals surface area contributed by atoms with E-state index in [1.54, 1.807) is 0 Å². The zero-order valence-electron chi connectivity index (χ0n) is 11.1. The molecule has 0 spiro atoms. The minimum Gasteiger partial charge on any atom is -0.352 e. The van der Waals surface area contributed by atoms with Gasteiger partial charge in [0.05, 0.1) is 5.41 Å². The third kappa shape index (κ3) is 2.45. The summed E-state index contributed by atoms with van der Waals surface area (Å²) in [6.07, 6.45) is 4.62. The number of hydrogen-bond donors (Lipinski definition) is 1. The summed E-state index contributed by atoms with van der Waals surface area (Å²) in [6.45, 7) is 8.35. The standard InChI is InChI=1S/C15H20N2O/c1-4-13-6-5-12(10-16-13)15(7-8-15)14(18)17-9-11(2)3/h5-6,10H,2,4,7-9H2,1,3H3,(H,17,18). The highest BCUT2D eigenvalue weighted by molar-refractivity contribution is 5.91. The Labute approximate surface area is 108 Å². The molecule has 1 aromatic rings. The number of pyridine rings is 1. The molecule has 0 atom stereocenters. The van der Waals surface area contributed by atoms with Crippen molar-refractivity contribution in [2.75, 3.05) is 6.54 Å². The van der Waals surface area contributed by atoms with Crippen LogP contribution in [0.15, 0.2) is 30.5 Å². The molecule has 3 nitrogen and oxygen atoms in total. The van der Waals surface area contributed by atoms with Crippen molar-refractivity contribution >= 4 is 5.91 Å². The Morgan fingerprint density at radius 3 is 2.67 bits per heavy atom. The van der Waals surface area contributed by atoms with Crippen molar-refractivity contribution in [3.8, 4) is 0 Å². The Kier molecular flexibility index (Phi) is 3.50. The van der Waals surface area contributed by atoms with E-state index in [9.17, 15) is 4.79 Å². The summed E-state index contributed by atoms with van der Waals surface area (Å²) in [5.74, 6) is 0.108. The van der Waals surface area contributed by atoms with Crippen molar-refractivity contribution in [2.45, 2.75) is 38.5 Å². The van der Waals surface area contributed by atoms with Gasteiger partial charge in [0.1, 0.15) is 0 Å². The number of rotatable bonds is 5. The molecule has 1 aliphatic rings. The van der Waals surface area contributed by atoms with Crippen LogP contribution < -0.4 is 5.32 Å². The predicted octanol–water partition coefficient (Wildman–Crippen LogP) is 2.37. The monoisotopic (exact) mass is 244 g/mol. The maximum atomic E-state index is 12.2. The van der Waals surface area contributed by atoms with Crippen LogP contribution in [-0.2, 0) is 16.6 Å². The third-order valence-electron chi connectivity index (χ3n) is 3.47. The van der Waals surface area contributed by atoms with Gasteiger partial charge in [-0.15, -0.1) is 0 Å². The molecule has 0 unspecified atom stereocenters. The predicted molar refractivity (Wildman–Crippen MR) is 72.4 cm³/mol. The molecule has 1 heterocycles. The normalized spacial score (nSPS) is 16.1. The fourth-order valence-electron chi connectivity index (χ4n) is 2.09. The molecule has 1 amide bonds. The second-order valence-corrected chi connectivity index (χ2v) is 5.11. The summed E-state index contributed by atoms with van der Waals surface area (Å²) in [5, 5.41) is 2.95. The van der Waals surface area contributed by atoms with Gasteiger partial charge in [-0.05, 0) is 37.8 Å². The van der Waals surface area contributed by atoms with Gasteiger partial charge < -0.3 is 5.32 Å². The van der Waals surface area contributed by atoms with E-state index in [2.05, 4.69) is 23.8 Å². The first kappa shape index (κ1) is 12.8. The summed E-state index contributed by atoms with van der Waals surface area (Å²) >= 11 is 0. The second-order valence-electron chi connectivity index (χ2n) is 5.11. The van der Waals surface area contributed by atoms with Crippen molar-refractivity contribution in [1.82, 2.24) is 10.3 Å². The Balaban J connectivity index is 2.10. The fourth-order valence-corrected chi connectivity index (χ4v) is 2.09. The van der Waals surface area contributed by atoms with E-state index >= 15 is 0 Å². The lowest BCUT2D eigenvalue weighted by Gasteiger charge is -2.15. The van der Waals surface area contributed by atoms with Crippen molar-refractivity contribution in [1.29, 1.82) is 0 Å². The van der Waals surface area contributed by atoms with Crippen LogP contribution in [0.3, 0.4) is 0 Å². The average molecular weight is 244 g/mol. The molecule has 1 saturated carbocycles. The maximum Gasteiger partial charge on any atom is 0.230 e. The summed E-state index contributed by atoms with van der Waals surface area (Å²) in [4.78, 5) is 16.6. The van der Waals surface area contributed by atoms with E-state index in [-0.39, 0.29) is 11.3 Å². The molecule has 0 aliphatic heterocycles. The van der Waals surface area contributed by atoms with Gasteiger partial charge in [-0.1, -0.05) is 25.1 Å². The van der Waals surface area contributed by atoms with Gasteiger partial charge in [-0.3, -0.25) is 9.78 Å². The summed E-state index contributed by atoms with van der Waals surface area (Å²) in [6, 6.07) is 4.06. The quantitative estimate of drug-likeness (QED) is 0.808. The molecule has 1 N–H and O–H groups in total. The molecular formula is C15H20N2O. The molecule has 1 fully saturated rings. The molecule has 1 aliphatic carbocycles. The lowest BCUT2D eigenvalue weighted by Crippen LogP contribution is -2.35. The molecule has 0 aromatic carbocycles. The summed E-state index contributed by atoms with van der Waals surface area (Å²) < 4.78 is 0. The van der Waals surface area contributed by atoms with Gasteiger partial charge in [0.25, 0.3) is 0 Å². The zero-order chi connectivity index (χ0) is 13.2. The van der Waals surface area contributed by atoms with Crippen LogP contribution >= 0.6 is 0 Å². The first-order chi connectivity index (χ1) is 8.58. The van der Waals surface area contributed by atoms with E-state index in [0.29, 0.717) is 6.54 Å². The number of amides is 1. The first-order valence-corrected chi connectivity index (χ1v) is 6.46. The van der Waals surface area contributed by atoms with Crippen LogP contribution in [0.4, 0.5) is 0 Å². The first-order valence-electron chi connectivity index (χ1n) is 6.46. The largest absolute Gasteiger partial charge is 0.352 e. The summed E-state index contributed by atoms with van der Waals surface area (Å²) in [7, 11) is 0. The topological polar surface area (TPSA) is 42.0 Å². The highest BCUT2D eigenvalue weighted by Crippen LogP contribution is 2.48. The molecule has 18 heavy (non-hydrogen) atoms. The molecule has 0 bridgehead atoms. The third-order valence-corrected chi connectivity index (χ3v) is 3.47. The molecule has 3 heteroatoms. The van der Waals surface area contributed by atoms with E-state index in [1.807, 2.05) is 25.3 Å². The van der Waals surface area contributed by atoms with Crippen molar-refractivity contribution in [3.63, 3.8) is 0 Å².